The van der Waals surface area contributed by atoms with Gasteiger partial charge in [-0.15, -0.1) is 0 Å². The number of nitrogens with one attached hydrogen (secondary N) is 1. The minimum Gasteiger partial charge on any atom is -0.356 e. The van der Waals surface area contributed by atoms with Crippen molar-refractivity contribution < 1.29 is 9.59 Å². The van der Waals surface area contributed by atoms with Gasteiger partial charge in [-0.1, -0.05) is 61.5 Å². The zero-order valence-electron chi connectivity index (χ0n) is 16.9. The minimum atomic E-state index is -0.449. The number of hydrogen-bond donors (Lipinski definition) is 1. The van der Waals surface area contributed by atoms with E-state index in [0.717, 1.165) is 0 Å². The van der Waals surface area contributed by atoms with E-state index in [1.165, 1.54) is 16.7 Å². The molecule has 1 N–H and O–H groups in total. The van der Waals surface area contributed by atoms with Crippen molar-refractivity contribution in [3.05, 3.63) is 60.2 Å². The molecule has 0 atom stereocenters. The summed E-state index contributed by atoms with van der Waals surface area (Å²) in [6.45, 7) is 5.78. The van der Waals surface area contributed by atoms with Crippen molar-refractivity contribution in [2.45, 2.75) is 39.5 Å². The van der Waals surface area contributed by atoms with Gasteiger partial charge in [0.2, 0.25) is 11.8 Å². The molecule has 28 heavy (non-hydrogen) atoms. The third kappa shape index (κ3) is 4.44. The predicted octanol–water partition coefficient (Wildman–Crippen LogP) is 4.05. The lowest BCUT2D eigenvalue weighted by Gasteiger charge is -2.41. The van der Waals surface area contributed by atoms with Crippen LogP contribution in [-0.2, 0) is 16.0 Å². The highest BCUT2D eigenvalue weighted by Gasteiger charge is 2.41. The zero-order chi connectivity index (χ0) is 20.0. The molecule has 1 fully saturated rings. The highest BCUT2D eigenvalue weighted by Crippen LogP contribution is 2.36. The summed E-state index contributed by atoms with van der Waals surface area (Å²) in [5.74, 6) is 0.291. The number of amides is 2. The zero-order valence-corrected chi connectivity index (χ0v) is 16.9. The van der Waals surface area contributed by atoms with Crippen LogP contribution in [0.2, 0.25) is 0 Å². The fourth-order valence-electron chi connectivity index (χ4n) is 4.12. The molecule has 2 amide bonds. The first-order valence-electron chi connectivity index (χ1n) is 10.3. The Morgan fingerprint density at radius 3 is 2.29 bits per heavy atom. The summed E-state index contributed by atoms with van der Waals surface area (Å²) in [5, 5.41) is 3.04. The van der Waals surface area contributed by atoms with Gasteiger partial charge in [-0.25, -0.2) is 0 Å². The van der Waals surface area contributed by atoms with Crippen LogP contribution in [0, 0.1) is 5.41 Å². The lowest BCUT2D eigenvalue weighted by Crippen LogP contribution is -2.51. The molecule has 0 aromatic heterocycles. The van der Waals surface area contributed by atoms with Crippen molar-refractivity contribution in [1.82, 2.24) is 10.2 Å². The minimum absolute atomic E-state index is 0.115. The van der Waals surface area contributed by atoms with E-state index < -0.39 is 5.41 Å². The number of nitrogens with zero attached hydrogens (tertiary/aromatic N) is 1. The summed E-state index contributed by atoms with van der Waals surface area (Å²) in [6, 6.07) is 18.8. The molecule has 0 spiro atoms. The normalized spacial score (nSPS) is 15.9. The molecule has 0 saturated carbocycles. The number of carbonyl (C=O) groups excluding carboxylic acids is 2. The summed E-state index contributed by atoms with van der Waals surface area (Å²) in [5.41, 5.74) is 3.07. The molecule has 1 saturated heterocycles. The first-order valence-corrected chi connectivity index (χ1v) is 10.3. The van der Waals surface area contributed by atoms with Gasteiger partial charge in [-0.3, -0.25) is 9.59 Å². The number of hydrogen-bond acceptors (Lipinski definition) is 2. The summed E-state index contributed by atoms with van der Waals surface area (Å²) in [7, 11) is 0. The van der Waals surface area contributed by atoms with Crippen molar-refractivity contribution in [3.8, 4) is 11.1 Å². The predicted molar refractivity (Wildman–Crippen MR) is 113 cm³/mol. The Kier molecular flexibility index (Phi) is 6.50. The Balaban J connectivity index is 1.83. The fourth-order valence-corrected chi connectivity index (χ4v) is 4.12. The van der Waals surface area contributed by atoms with Crippen molar-refractivity contribution in [3.63, 3.8) is 0 Å². The van der Waals surface area contributed by atoms with Crippen LogP contribution in [0.4, 0.5) is 0 Å². The Morgan fingerprint density at radius 1 is 0.964 bits per heavy atom. The third-order valence-corrected chi connectivity index (χ3v) is 5.77. The molecular weight excluding hydrogens is 348 g/mol. The standard InChI is InChI=1S/C24H30N2O2/c1-3-22(27)26-15-13-24(14-16-26,23(28)25-4-2)18-19-9-8-12-21(17-19)20-10-6-5-7-11-20/h5-12,17H,3-4,13-16,18H2,1-2H3,(H,25,28). The maximum absolute atomic E-state index is 13.0. The Hall–Kier alpha value is -2.62. The van der Waals surface area contributed by atoms with Crippen LogP contribution < -0.4 is 5.32 Å². The van der Waals surface area contributed by atoms with Gasteiger partial charge in [0.25, 0.3) is 0 Å². The molecule has 1 aliphatic rings. The van der Waals surface area contributed by atoms with E-state index >= 15 is 0 Å². The average Bonchev–Trinajstić information content (AvgIpc) is 2.74. The molecule has 1 aliphatic heterocycles. The number of benzene rings is 2. The Labute approximate surface area is 167 Å². The van der Waals surface area contributed by atoms with Crippen molar-refractivity contribution in [2.75, 3.05) is 19.6 Å². The van der Waals surface area contributed by atoms with E-state index in [-0.39, 0.29) is 11.8 Å². The van der Waals surface area contributed by atoms with Gasteiger partial charge in [0.1, 0.15) is 0 Å². The number of carbonyl (C=O) groups is 2. The van der Waals surface area contributed by atoms with Gasteiger partial charge in [-0.2, -0.15) is 0 Å². The first-order chi connectivity index (χ1) is 13.6. The van der Waals surface area contributed by atoms with Crippen LogP contribution in [0.25, 0.3) is 11.1 Å². The third-order valence-electron chi connectivity index (χ3n) is 5.77. The van der Waals surface area contributed by atoms with E-state index in [1.54, 1.807) is 0 Å². The van der Waals surface area contributed by atoms with E-state index in [1.807, 2.05) is 36.9 Å². The van der Waals surface area contributed by atoms with Crippen LogP contribution in [-0.4, -0.2) is 36.3 Å². The molecule has 0 unspecified atom stereocenters. The van der Waals surface area contributed by atoms with E-state index in [4.69, 9.17) is 0 Å². The lowest BCUT2D eigenvalue weighted by molar-refractivity contribution is -0.140. The molecule has 0 aliphatic carbocycles. The number of likely N-dealkylation sites (tertiary alicyclic amines) is 1. The molecular formula is C24H30N2O2. The second-order valence-corrected chi connectivity index (χ2v) is 7.62. The summed E-state index contributed by atoms with van der Waals surface area (Å²) in [4.78, 5) is 27.0. The van der Waals surface area contributed by atoms with Gasteiger partial charge in [0.05, 0.1) is 5.41 Å². The maximum Gasteiger partial charge on any atom is 0.226 e. The van der Waals surface area contributed by atoms with Crippen LogP contribution in [0.3, 0.4) is 0 Å². The lowest BCUT2D eigenvalue weighted by atomic mass is 9.72. The molecule has 2 aromatic rings. The van der Waals surface area contributed by atoms with Crippen LogP contribution in [0.15, 0.2) is 54.6 Å². The summed E-state index contributed by atoms with van der Waals surface area (Å²) >= 11 is 0. The summed E-state index contributed by atoms with van der Waals surface area (Å²) in [6.07, 6.45) is 2.64. The fraction of sp³-hybridized carbons (Fsp3) is 0.417. The maximum atomic E-state index is 13.0. The Bertz CT molecular complexity index is 808. The molecule has 1 heterocycles. The van der Waals surface area contributed by atoms with Crippen LogP contribution in [0.1, 0.15) is 38.7 Å². The smallest absolute Gasteiger partial charge is 0.226 e. The largest absolute Gasteiger partial charge is 0.356 e. The van der Waals surface area contributed by atoms with E-state index in [9.17, 15) is 9.59 Å². The molecule has 2 aromatic carbocycles. The van der Waals surface area contributed by atoms with Crippen LogP contribution in [0.5, 0.6) is 0 Å². The first kappa shape index (κ1) is 20.1. The number of piperidine rings is 1. The van der Waals surface area contributed by atoms with E-state index in [0.29, 0.717) is 45.3 Å². The summed E-state index contributed by atoms with van der Waals surface area (Å²) < 4.78 is 0. The second-order valence-electron chi connectivity index (χ2n) is 7.62. The highest BCUT2D eigenvalue weighted by molar-refractivity contribution is 5.84. The van der Waals surface area contributed by atoms with E-state index in [2.05, 4.69) is 41.7 Å². The second kappa shape index (κ2) is 9.05. The molecule has 3 rings (SSSR count). The monoisotopic (exact) mass is 378 g/mol. The number of rotatable bonds is 6. The topological polar surface area (TPSA) is 49.4 Å². The molecule has 0 radical (unpaired) electrons. The highest BCUT2D eigenvalue weighted by atomic mass is 16.2. The molecule has 4 nitrogen and oxygen atoms in total. The Morgan fingerprint density at radius 2 is 1.64 bits per heavy atom. The van der Waals surface area contributed by atoms with Crippen molar-refractivity contribution in [1.29, 1.82) is 0 Å². The van der Waals surface area contributed by atoms with Crippen LogP contribution >= 0.6 is 0 Å². The van der Waals surface area contributed by atoms with Gasteiger partial charge in [0, 0.05) is 26.1 Å². The van der Waals surface area contributed by atoms with Gasteiger partial charge < -0.3 is 10.2 Å². The molecule has 4 heteroatoms. The molecule has 0 bridgehead atoms. The van der Waals surface area contributed by atoms with Gasteiger partial charge in [0.15, 0.2) is 0 Å². The quantitative estimate of drug-likeness (QED) is 0.824. The van der Waals surface area contributed by atoms with Gasteiger partial charge >= 0.3 is 0 Å². The average molecular weight is 379 g/mol. The SMILES string of the molecule is CCNC(=O)C1(Cc2cccc(-c3ccccc3)c2)CCN(C(=O)CC)CC1. The van der Waals surface area contributed by atoms with Crippen molar-refractivity contribution in [2.24, 2.45) is 5.41 Å². The van der Waals surface area contributed by atoms with Crippen molar-refractivity contribution >= 4 is 11.8 Å². The molecule has 148 valence electrons. The van der Waals surface area contributed by atoms with Gasteiger partial charge in [-0.05, 0) is 42.9 Å².